The average Bonchev–Trinajstić information content (AvgIpc) is 2.95. The van der Waals surface area contributed by atoms with Gasteiger partial charge in [0.2, 0.25) is 0 Å². The molecule has 126 valence electrons. The molecule has 1 aromatic heterocycles. The van der Waals surface area contributed by atoms with Gasteiger partial charge in [0.1, 0.15) is 24.4 Å². The van der Waals surface area contributed by atoms with E-state index in [1.165, 1.54) is 0 Å². The van der Waals surface area contributed by atoms with Crippen molar-refractivity contribution in [3.8, 4) is 0 Å². The second-order valence-corrected chi connectivity index (χ2v) is 6.12. The van der Waals surface area contributed by atoms with Crippen LogP contribution in [0.5, 0.6) is 0 Å². The Morgan fingerprint density at radius 2 is 1.33 bits per heavy atom. The third-order valence-corrected chi connectivity index (χ3v) is 4.74. The lowest BCUT2D eigenvalue weighted by Crippen LogP contribution is -2.56. The van der Waals surface area contributed by atoms with Crippen molar-refractivity contribution < 1.29 is 25.2 Å². The van der Waals surface area contributed by atoms with E-state index in [4.69, 9.17) is 4.74 Å². The number of hydrogen-bond donors (Lipinski definition) is 4. The zero-order chi connectivity index (χ0) is 16.8. The van der Waals surface area contributed by atoms with Crippen molar-refractivity contribution in [2.75, 3.05) is 6.61 Å². The van der Waals surface area contributed by atoms with Gasteiger partial charge in [-0.3, -0.25) is 0 Å². The van der Waals surface area contributed by atoms with Gasteiger partial charge in [-0.05, 0) is 12.1 Å². The zero-order valence-electron chi connectivity index (χ0n) is 12.9. The molecule has 6 nitrogen and oxygen atoms in total. The number of para-hydroxylation sites is 2. The van der Waals surface area contributed by atoms with Crippen LogP contribution in [-0.2, 0) is 4.74 Å². The quantitative estimate of drug-likeness (QED) is 0.557. The summed E-state index contributed by atoms with van der Waals surface area (Å²) in [6.45, 7) is -0.446. The molecule has 5 atom stereocenters. The maximum atomic E-state index is 10.5. The van der Waals surface area contributed by atoms with E-state index < -0.39 is 37.3 Å². The summed E-state index contributed by atoms with van der Waals surface area (Å²) < 4.78 is 7.56. The molecule has 0 bridgehead atoms. The van der Waals surface area contributed by atoms with Crippen LogP contribution in [0.25, 0.3) is 21.8 Å². The lowest BCUT2D eigenvalue weighted by Gasteiger charge is -2.41. The molecule has 4 rings (SSSR count). The van der Waals surface area contributed by atoms with Crippen LogP contribution in [0.3, 0.4) is 0 Å². The average molecular weight is 329 g/mol. The minimum atomic E-state index is -1.40. The number of aliphatic hydroxyl groups is 4. The number of benzene rings is 2. The standard InChI is InChI=1S/C18H19NO5/c20-9-14-15(21)16(22)17(23)18(24-14)19-12-7-3-1-5-10(12)11-6-2-4-8-13(11)19/h1-8,14-18,20-23H,9H2. The molecule has 1 aliphatic heterocycles. The molecule has 1 fully saturated rings. The second-order valence-electron chi connectivity index (χ2n) is 6.12. The van der Waals surface area contributed by atoms with Crippen molar-refractivity contribution in [3.63, 3.8) is 0 Å². The van der Waals surface area contributed by atoms with Crippen LogP contribution in [0.2, 0.25) is 0 Å². The Bertz CT molecular complexity index is 821. The van der Waals surface area contributed by atoms with Crippen LogP contribution in [0.15, 0.2) is 48.5 Å². The van der Waals surface area contributed by atoms with Crippen molar-refractivity contribution in [1.29, 1.82) is 0 Å². The van der Waals surface area contributed by atoms with Gasteiger partial charge in [0.25, 0.3) is 0 Å². The summed E-state index contributed by atoms with van der Waals surface area (Å²) in [7, 11) is 0. The fourth-order valence-corrected chi connectivity index (χ4v) is 3.52. The van der Waals surface area contributed by atoms with Gasteiger partial charge in [0, 0.05) is 10.8 Å². The van der Waals surface area contributed by atoms with Gasteiger partial charge in [0.15, 0.2) is 6.23 Å². The highest BCUT2D eigenvalue weighted by Crippen LogP contribution is 2.36. The third kappa shape index (κ3) is 2.16. The topological polar surface area (TPSA) is 95.1 Å². The van der Waals surface area contributed by atoms with Gasteiger partial charge in [0.05, 0.1) is 17.6 Å². The number of aromatic nitrogens is 1. The first-order valence-corrected chi connectivity index (χ1v) is 7.91. The van der Waals surface area contributed by atoms with E-state index in [9.17, 15) is 20.4 Å². The highest BCUT2D eigenvalue weighted by molar-refractivity contribution is 6.08. The Hall–Kier alpha value is -1.96. The Morgan fingerprint density at radius 3 is 1.88 bits per heavy atom. The van der Waals surface area contributed by atoms with Crippen LogP contribution < -0.4 is 0 Å². The first-order valence-electron chi connectivity index (χ1n) is 7.91. The van der Waals surface area contributed by atoms with E-state index in [-0.39, 0.29) is 0 Å². The van der Waals surface area contributed by atoms with Crippen molar-refractivity contribution in [2.45, 2.75) is 30.6 Å². The molecular weight excluding hydrogens is 310 g/mol. The SMILES string of the molecule is OCC1OC(n2c3ccccc3c3ccccc32)C(O)C(O)C1O. The molecule has 0 amide bonds. The molecular formula is C18H19NO5. The predicted molar refractivity (Wildman–Crippen MR) is 88.5 cm³/mol. The summed E-state index contributed by atoms with van der Waals surface area (Å²) in [5, 5.41) is 42.0. The Balaban J connectivity index is 1.94. The summed E-state index contributed by atoms with van der Waals surface area (Å²) in [5.74, 6) is 0. The molecule has 2 aromatic carbocycles. The number of fused-ring (bicyclic) bond motifs is 3. The van der Waals surface area contributed by atoms with E-state index >= 15 is 0 Å². The van der Waals surface area contributed by atoms with Crippen molar-refractivity contribution >= 4 is 21.8 Å². The monoisotopic (exact) mass is 329 g/mol. The Kier molecular flexibility index (Phi) is 3.79. The number of hydrogen-bond acceptors (Lipinski definition) is 5. The number of ether oxygens (including phenoxy) is 1. The molecule has 4 N–H and O–H groups in total. The van der Waals surface area contributed by atoms with Crippen LogP contribution in [-0.4, -0.2) is 56.0 Å². The molecule has 24 heavy (non-hydrogen) atoms. The summed E-state index contributed by atoms with van der Waals surface area (Å²) in [5.41, 5.74) is 1.70. The minimum absolute atomic E-state index is 0.446. The molecule has 0 radical (unpaired) electrons. The lowest BCUT2D eigenvalue weighted by molar-refractivity contribution is -0.249. The van der Waals surface area contributed by atoms with Crippen LogP contribution in [0.1, 0.15) is 6.23 Å². The fraction of sp³-hybridized carbons (Fsp3) is 0.333. The molecule has 3 aromatic rings. The van der Waals surface area contributed by atoms with Crippen molar-refractivity contribution in [1.82, 2.24) is 4.57 Å². The molecule has 1 aliphatic rings. The Labute approximate surface area is 138 Å². The summed E-state index contributed by atoms with van der Waals surface area (Å²) >= 11 is 0. The molecule has 2 heterocycles. The molecule has 1 saturated heterocycles. The van der Waals surface area contributed by atoms with Gasteiger partial charge in [-0.25, -0.2) is 0 Å². The molecule has 0 saturated carbocycles. The smallest absolute Gasteiger partial charge is 0.163 e. The molecule has 5 unspecified atom stereocenters. The molecule has 6 heteroatoms. The third-order valence-electron chi connectivity index (χ3n) is 4.74. The van der Waals surface area contributed by atoms with E-state index in [1.54, 1.807) is 0 Å². The van der Waals surface area contributed by atoms with Gasteiger partial charge in [-0.15, -0.1) is 0 Å². The van der Waals surface area contributed by atoms with Crippen LogP contribution in [0.4, 0.5) is 0 Å². The predicted octanol–water partition coefficient (Wildman–Crippen LogP) is 0.767. The summed E-state index contributed by atoms with van der Waals surface area (Å²) in [6, 6.07) is 15.5. The number of rotatable bonds is 2. The van der Waals surface area contributed by atoms with E-state index in [2.05, 4.69) is 0 Å². The Morgan fingerprint density at radius 1 is 0.792 bits per heavy atom. The first-order chi connectivity index (χ1) is 11.6. The summed E-state index contributed by atoms with van der Waals surface area (Å²) in [6.07, 6.45) is -5.93. The van der Waals surface area contributed by atoms with E-state index in [0.29, 0.717) is 0 Å². The maximum Gasteiger partial charge on any atom is 0.163 e. The van der Waals surface area contributed by atoms with Gasteiger partial charge < -0.3 is 29.7 Å². The summed E-state index contributed by atoms with van der Waals surface area (Å²) in [4.78, 5) is 0. The number of nitrogens with zero attached hydrogens (tertiary/aromatic N) is 1. The van der Waals surface area contributed by atoms with Crippen LogP contribution >= 0.6 is 0 Å². The molecule has 0 spiro atoms. The molecule has 0 aliphatic carbocycles. The second kappa shape index (κ2) is 5.84. The van der Waals surface area contributed by atoms with Gasteiger partial charge >= 0.3 is 0 Å². The lowest BCUT2D eigenvalue weighted by atomic mass is 9.98. The van der Waals surface area contributed by atoms with E-state index in [1.807, 2.05) is 53.1 Å². The first kappa shape index (κ1) is 15.6. The zero-order valence-corrected chi connectivity index (χ0v) is 12.9. The number of aliphatic hydroxyl groups excluding tert-OH is 4. The van der Waals surface area contributed by atoms with Gasteiger partial charge in [-0.2, -0.15) is 0 Å². The van der Waals surface area contributed by atoms with Crippen molar-refractivity contribution in [2.24, 2.45) is 0 Å². The van der Waals surface area contributed by atoms with E-state index in [0.717, 1.165) is 21.8 Å². The normalized spacial score (nSPS) is 30.9. The minimum Gasteiger partial charge on any atom is -0.394 e. The highest BCUT2D eigenvalue weighted by Gasteiger charge is 2.44. The van der Waals surface area contributed by atoms with Crippen LogP contribution in [0, 0.1) is 0 Å². The van der Waals surface area contributed by atoms with Crippen molar-refractivity contribution in [3.05, 3.63) is 48.5 Å². The maximum absolute atomic E-state index is 10.5. The van der Waals surface area contributed by atoms with Gasteiger partial charge in [-0.1, -0.05) is 36.4 Å². The highest BCUT2D eigenvalue weighted by atomic mass is 16.6. The largest absolute Gasteiger partial charge is 0.394 e. The fourth-order valence-electron chi connectivity index (χ4n) is 3.52.